The molecule has 2 aromatic carbocycles. The zero-order valence-electron chi connectivity index (χ0n) is 17.2. The second kappa shape index (κ2) is 8.84. The van der Waals surface area contributed by atoms with Gasteiger partial charge in [0.1, 0.15) is 0 Å². The number of hydrogen-bond donors (Lipinski definition) is 0. The Labute approximate surface area is 189 Å². The number of carbonyl (C=O) groups is 2. The van der Waals surface area contributed by atoms with E-state index >= 15 is 0 Å². The van der Waals surface area contributed by atoms with Crippen LogP contribution in [0.25, 0.3) is 17.3 Å². The maximum atomic E-state index is 12.8. The molecule has 32 heavy (non-hydrogen) atoms. The smallest absolute Gasteiger partial charge is 0.227 e. The molecule has 1 amide bonds. The Bertz CT molecular complexity index is 1230. The largest absolute Gasteiger partial charge is 0.461 e. The predicted octanol–water partition coefficient (Wildman–Crippen LogP) is 4.63. The average molecular weight is 445 g/mol. The van der Waals surface area contributed by atoms with E-state index in [9.17, 15) is 9.59 Å². The lowest BCUT2D eigenvalue weighted by atomic mass is 10.1. The zero-order chi connectivity index (χ0) is 21.9. The SMILES string of the molecule is O=C(CSc1nnc(-c2ccco2)n1-c1ccccc1)c1ccc(N2CCCC2=O)cc1. The molecule has 2 aromatic heterocycles. The number of rotatable bonds is 7. The van der Waals surface area contributed by atoms with Crippen LogP contribution in [0.1, 0.15) is 23.2 Å². The van der Waals surface area contributed by atoms with Crippen LogP contribution in [0, 0.1) is 0 Å². The quantitative estimate of drug-likeness (QED) is 0.305. The average Bonchev–Trinajstić information content (AvgIpc) is 3.59. The summed E-state index contributed by atoms with van der Waals surface area (Å²) in [5.41, 5.74) is 2.33. The second-order valence-corrected chi connectivity index (χ2v) is 8.30. The molecule has 0 bridgehead atoms. The van der Waals surface area contributed by atoms with Crippen molar-refractivity contribution in [3.63, 3.8) is 0 Å². The van der Waals surface area contributed by atoms with Crippen molar-refractivity contribution in [1.29, 1.82) is 0 Å². The molecular formula is C24H20N4O3S. The summed E-state index contributed by atoms with van der Waals surface area (Å²) in [6.45, 7) is 0.731. The van der Waals surface area contributed by atoms with E-state index in [1.807, 2.05) is 53.1 Å². The molecule has 0 saturated carbocycles. The maximum Gasteiger partial charge on any atom is 0.227 e. The summed E-state index contributed by atoms with van der Waals surface area (Å²) in [6.07, 6.45) is 3.05. The predicted molar refractivity (Wildman–Crippen MR) is 122 cm³/mol. The van der Waals surface area contributed by atoms with Gasteiger partial charge < -0.3 is 9.32 Å². The van der Waals surface area contributed by atoms with Crippen LogP contribution >= 0.6 is 11.8 Å². The number of ketones is 1. The van der Waals surface area contributed by atoms with Crippen LogP contribution in [0.3, 0.4) is 0 Å². The summed E-state index contributed by atoms with van der Waals surface area (Å²) < 4.78 is 7.41. The minimum absolute atomic E-state index is 0.0172. The van der Waals surface area contributed by atoms with Gasteiger partial charge in [0, 0.05) is 29.9 Å². The summed E-state index contributed by atoms with van der Waals surface area (Å²) in [4.78, 5) is 26.5. The first-order valence-corrected chi connectivity index (χ1v) is 11.3. The molecule has 1 aliphatic heterocycles. The highest BCUT2D eigenvalue weighted by molar-refractivity contribution is 7.99. The molecule has 1 fully saturated rings. The highest BCUT2D eigenvalue weighted by atomic mass is 32.2. The molecule has 3 heterocycles. The van der Waals surface area contributed by atoms with Crippen molar-refractivity contribution in [2.75, 3.05) is 17.2 Å². The van der Waals surface area contributed by atoms with E-state index in [1.54, 1.807) is 29.4 Å². The van der Waals surface area contributed by atoms with Gasteiger partial charge in [-0.05, 0) is 55.0 Å². The molecule has 8 heteroatoms. The molecule has 4 aromatic rings. The molecule has 0 unspecified atom stereocenters. The Morgan fingerprint density at radius 2 is 1.78 bits per heavy atom. The van der Waals surface area contributed by atoms with Gasteiger partial charge in [0.15, 0.2) is 16.7 Å². The van der Waals surface area contributed by atoms with Crippen LogP contribution in [-0.2, 0) is 4.79 Å². The topological polar surface area (TPSA) is 81.2 Å². The molecule has 7 nitrogen and oxygen atoms in total. The van der Waals surface area contributed by atoms with Crippen LogP contribution in [0.4, 0.5) is 5.69 Å². The highest BCUT2D eigenvalue weighted by Crippen LogP contribution is 2.29. The van der Waals surface area contributed by atoms with Gasteiger partial charge in [0.2, 0.25) is 11.7 Å². The van der Waals surface area contributed by atoms with Crippen molar-refractivity contribution in [1.82, 2.24) is 14.8 Å². The third kappa shape index (κ3) is 3.97. The lowest BCUT2D eigenvalue weighted by Gasteiger charge is -2.15. The minimum Gasteiger partial charge on any atom is -0.461 e. The molecule has 0 aliphatic carbocycles. The van der Waals surface area contributed by atoms with Crippen molar-refractivity contribution < 1.29 is 14.0 Å². The first-order valence-electron chi connectivity index (χ1n) is 10.3. The van der Waals surface area contributed by atoms with Gasteiger partial charge in [-0.3, -0.25) is 14.2 Å². The van der Waals surface area contributed by atoms with Crippen LogP contribution in [-0.4, -0.2) is 38.8 Å². The Balaban J connectivity index is 1.35. The molecule has 5 rings (SSSR count). The third-order valence-corrected chi connectivity index (χ3v) is 6.22. The van der Waals surface area contributed by atoms with E-state index in [1.165, 1.54) is 11.8 Å². The van der Waals surface area contributed by atoms with Crippen molar-refractivity contribution in [3.05, 3.63) is 78.6 Å². The van der Waals surface area contributed by atoms with Crippen molar-refractivity contribution >= 4 is 29.1 Å². The van der Waals surface area contributed by atoms with Gasteiger partial charge in [-0.15, -0.1) is 10.2 Å². The van der Waals surface area contributed by atoms with Gasteiger partial charge in [0.25, 0.3) is 0 Å². The number of hydrogen-bond acceptors (Lipinski definition) is 6. The fraction of sp³-hybridized carbons (Fsp3) is 0.167. The number of carbonyl (C=O) groups excluding carboxylic acids is 2. The molecular weight excluding hydrogens is 424 g/mol. The highest BCUT2D eigenvalue weighted by Gasteiger charge is 2.22. The Morgan fingerprint density at radius 1 is 0.969 bits per heavy atom. The summed E-state index contributed by atoms with van der Waals surface area (Å²) >= 11 is 1.33. The molecule has 0 N–H and O–H groups in total. The number of thioether (sulfide) groups is 1. The first kappa shape index (κ1) is 20.3. The Hall–Kier alpha value is -3.65. The molecule has 160 valence electrons. The van der Waals surface area contributed by atoms with Gasteiger partial charge in [-0.2, -0.15) is 0 Å². The zero-order valence-corrected chi connectivity index (χ0v) is 18.0. The van der Waals surface area contributed by atoms with E-state index in [-0.39, 0.29) is 17.4 Å². The van der Waals surface area contributed by atoms with Crippen molar-refractivity contribution in [2.45, 2.75) is 18.0 Å². The van der Waals surface area contributed by atoms with E-state index in [0.29, 0.717) is 28.7 Å². The second-order valence-electron chi connectivity index (χ2n) is 7.36. The summed E-state index contributed by atoms with van der Waals surface area (Å²) in [7, 11) is 0. The van der Waals surface area contributed by atoms with E-state index in [0.717, 1.165) is 24.3 Å². The van der Waals surface area contributed by atoms with Crippen LogP contribution < -0.4 is 4.90 Å². The van der Waals surface area contributed by atoms with Crippen molar-refractivity contribution in [2.24, 2.45) is 0 Å². The number of anilines is 1. The number of amides is 1. The van der Waals surface area contributed by atoms with Gasteiger partial charge in [-0.1, -0.05) is 30.0 Å². The fourth-order valence-corrected chi connectivity index (χ4v) is 4.55. The standard InChI is InChI=1S/C24H20N4O3S/c29-20(17-10-12-18(13-11-17)27-14-4-9-22(27)30)16-32-24-26-25-23(21-8-5-15-31-21)28(24)19-6-2-1-3-7-19/h1-3,5-8,10-13,15H,4,9,14,16H2. The van der Waals surface area contributed by atoms with E-state index in [2.05, 4.69) is 10.2 Å². The number of furan rings is 1. The van der Waals surface area contributed by atoms with Gasteiger partial charge in [0.05, 0.1) is 12.0 Å². The number of nitrogens with zero attached hydrogens (tertiary/aromatic N) is 4. The number of Topliss-reactive ketones (excluding diaryl/α,β-unsaturated/α-hetero) is 1. The third-order valence-electron chi connectivity index (χ3n) is 5.30. The van der Waals surface area contributed by atoms with E-state index in [4.69, 9.17) is 4.42 Å². The first-order chi connectivity index (χ1) is 15.7. The van der Waals surface area contributed by atoms with Crippen molar-refractivity contribution in [3.8, 4) is 17.3 Å². The molecule has 0 atom stereocenters. The van der Waals surface area contributed by atoms with Crippen LogP contribution in [0.15, 0.2) is 82.6 Å². The lowest BCUT2D eigenvalue weighted by molar-refractivity contribution is -0.117. The lowest BCUT2D eigenvalue weighted by Crippen LogP contribution is -2.23. The monoisotopic (exact) mass is 444 g/mol. The number of benzene rings is 2. The number of aromatic nitrogens is 3. The summed E-state index contributed by atoms with van der Waals surface area (Å²) in [6, 6.07) is 20.6. The fourth-order valence-electron chi connectivity index (χ4n) is 3.70. The minimum atomic E-state index is -0.0172. The summed E-state index contributed by atoms with van der Waals surface area (Å²) in [5, 5.41) is 9.21. The maximum absolute atomic E-state index is 12.8. The van der Waals surface area contributed by atoms with Crippen LogP contribution in [0.2, 0.25) is 0 Å². The van der Waals surface area contributed by atoms with Crippen LogP contribution in [0.5, 0.6) is 0 Å². The molecule has 0 spiro atoms. The Kier molecular flexibility index (Phi) is 5.60. The van der Waals surface area contributed by atoms with E-state index < -0.39 is 0 Å². The molecule has 1 aliphatic rings. The molecule has 1 saturated heterocycles. The Morgan fingerprint density at radius 3 is 2.47 bits per heavy atom. The molecule has 0 radical (unpaired) electrons. The summed E-state index contributed by atoms with van der Waals surface area (Å²) in [5.74, 6) is 1.51. The number of para-hydroxylation sites is 1. The van der Waals surface area contributed by atoms with Gasteiger partial charge >= 0.3 is 0 Å². The normalized spacial score (nSPS) is 13.6. The van der Waals surface area contributed by atoms with Gasteiger partial charge in [-0.25, -0.2) is 0 Å².